The third kappa shape index (κ3) is 6.29. The van der Waals surface area contributed by atoms with E-state index < -0.39 is 11.6 Å². The maximum atomic E-state index is 13.9. The number of hydrogen-bond acceptors (Lipinski definition) is 9. The Morgan fingerprint density at radius 3 is 2.66 bits per heavy atom. The van der Waals surface area contributed by atoms with Gasteiger partial charge in [-0.1, -0.05) is 35.5 Å². The van der Waals surface area contributed by atoms with Crippen molar-refractivity contribution < 1.29 is 23.0 Å². The van der Waals surface area contributed by atoms with E-state index >= 15 is 0 Å². The molecule has 5 rings (SSSR count). The highest BCUT2D eigenvalue weighted by Gasteiger charge is 2.33. The Morgan fingerprint density at radius 2 is 2.00 bits per heavy atom. The van der Waals surface area contributed by atoms with Crippen molar-refractivity contribution in [2.24, 2.45) is 0 Å². The van der Waals surface area contributed by atoms with Crippen LogP contribution in [0.2, 0.25) is 5.02 Å². The number of oxazole rings is 1. The Hall–Kier alpha value is -4.13. The predicted molar refractivity (Wildman–Crippen MR) is 152 cm³/mol. The molecule has 1 fully saturated rings. The van der Waals surface area contributed by atoms with Gasteiger partial charge in [-0.15, -0.1) is 0 Å². The van der Waals surface area contributed by atoms with Gasteiger partial charge < -0.3 is 24.4 Å². The fraction of sp³-hybridized carbons (Fsp3) is 0.241. The molecule has 0 radical (unpaired) electrons. The number of pyridine rings is 1. The summed E-state index contributed by atoms with van der Waals surface area (Å²) in [6.07, 6.45) is 1.26. The van der Waals surface area contributed by atoms with Gasteiger partial charge in [-0.2, -0.15) is 5.26 Å². The van der Waals surface area contributed by atoms with E-state index in [0.29, 0.717) is 46.4 Å². The van der Waals surface area contributed by atoms with Gasteiger partial charge in [-0.25, -0.2) is 19.2 Å². The molecule has 0 aliphatic carbocycles. The van der Waals surface area contributed by atoms with E-state index in [-0.39, 0.29) is 39.8 Å². The van der Waals surface area contributed by atoms with Crippen molar-refractivity contribution in [3.8, 4) is 34.4 Å². The number of anilines is 1. The molecule has 0 unspecified atom stereocenters. The molecule has 1 aliphatic rings. The van der Waals surface area contributed by atoms with E-state index in [1.807, 2.05) is 13.8 Å². The van der Waals surface area contributed by atoms with Crippen molar-refractivity contribution >= 4 is 34.9 Å². The lowest BCUT2D eigenvalue weighted by molar-refractivity contribution is -0.141. The normalized spacial score (nSPS) is 15.8. The lowest BCUT2D eigenvalue weighted by atomic mass is 10.00. The number of nitrogens with zero attached hydrogens (tertiary/aromatic N) is 4. The van der Waals surface area contributed by atoms with Crippen LogP contribution in [0.15, 0.2) is 58.2 Å². The molecule has 9 nitrogen and oxygen atoms in total. The molecule has 4 aromatic rings. The molecule has 0 saturated carbocycles. The van der Waals surface area contributed by atoms with Crippen LogP contribution in [0.25, 0.3) is 27.4 Å². The number of thioether (sulfide) groups is 1. The third-order valence-corrected chi connectivity index (χ3v) is 7.43. The zero-order valence-electron chi connectivity index (χ0n) is 22.0. The number of nitriles is 1. The van der Waals surface area contributed by atoms with Crippen LogP contribution >= 0.6 is 23.4 Å². The Balaban J connectivity index is 1.35. The quantitative estimate of drug-likeness (QED) is 0.170. The Morgan fingerprint density at radius 1 is 1.24 bits per heavy atom. The Labute approximate surface area is 244 Å². The summed E-state index contributed by atoms with van der Waals surface area (Å²) < 4.78 is 36.5. The lowest BCUT2D eigenvalue weighted by Crippen LogP contribution is -2.25. The monoisotopic (exact) mass is 591 g/mol. The first-order valence-electron chi connectivity index (χ1n) is 12.4. The minimum Gasteiger partial charge on any atom is -0.491 e. The van der Waals surface area contributed by atoms with Crippen molar-refractivity contribution in [3.63, 3.8) is 0 Å². The van der Waals surface area contributed by atoms with Crippen LogP contribution in [-0.2, 0) is 15.2 Å². The smallest absolute Gasteiger partial charge is 0.236 e. The molecule has 12 heteroatoms. The van der Waals surface area contributed by atoms with Crippen LogP contribution in [0.4, 0.5) is 15.9 Å². The Bertz CT molecular complexity index is 1680. The molecule has 1 atom stereocenters. The van der Waals surface area contributed by atoms with Gasteiger partial charge in [0.2, 0.25) is 11.6 Å². The van der Waals surface area contributed by atoms with E-state index in [1.54, 1.807) is 30.3 Å². The van der Waals surface area contributed by atoms with E-state index in [2.05, 4.69) is 20.9 Å². The zero-order valence-corrected chi connectivity index (χ0v) is 23.6. The summed E-state index contributed by atoms with van der Waals surface area (Å²) in [6, 6.07) is 13.5. The van der Waals surface area contributed by atoms with Gasteiger partial charge in [-0.05, 0) is 49.7 Å². The van der Waals surface area contributed by atoms with Crippen LogP contribution in [0.3, 0.4) is 0 Å². The van der Waals surface area contributed by atoms with Crippen molar-refractivity contribution in [2.45, 2.75) is 36.5 Å². The maximum Gasteiger partial charge on any atom is 0.236 e. The lowest BCUT2D eigenvalue weighted by Gasteiger charge is -2.17. The van der Waals surface area contributed by atoms with E-state index in [9.17, 15) is 9.65 Å². The summed E-state index contributed by atoms with van der Waals surface area (Å²) in [5.74, 6) is -0.0885. The molecule has 0 amide bonds. The summed E-state index contributed by atoms with van der Waals surface area (Å²) >= 11 is 6.98. The van der Waals surface area contributed by atoms with Gasteiger partial charge in [0, 0.05) is 16.9 Å². The first-order valence-corrected chi connectivity index (χ1v) is 13.7. The number of benzene rings is 2. The van der Waals surface area contributed by atoms with E-state index in [0.717, 1.165) is 0 Å². The molecule has 2 aromatic carbocycles. The second-order valence-corrected chi connectivity index (χ2v) is 10.8. The molecule has 208 valence electrons. The fourth-order valence-electron chi connectivity index (χ4n) is 4.20. The summed E-state index contributed by atoms with van der Waals surface area (Å²) in [5.41, 5.74) is 8.45. The molecule has 0 spiro atoms. The molecule has 1 aliphatic heterocycles. The second kappa shape index (κ2) is 11.8. The Kier molecular flexibility index (Phi) is 8.15. The van der Waals surface area contributed by atoms with Gasteiger partial charge in [0.05, 0.1) is 29.5 Å². The number of nitrogen functional groups attached to an aromatic ring is 1. The second-order valence-electron chi connectivity index (χ2n) is 9.47. The highest BCUT2D eigenvalue weighted by Crippen LogP contribution is 2.42. The van der Waals surface area contributed by atoms with Crippen molar-refractivity contribution in [2.75, 3.05) is 18.9 Å². The number of aromatic nitrogens is 2. The van der Waals surface area contributed by atoms with E-state index in [4.69, 9.17) is 42.5 Å². The van der Waals surface area contributed by atoms with Crippen LogP contribution in [-0.4, -0.2) is 35.1 Å². The number of ether oxygens (including phenoxy) is 3. The van der Waals surface area contributed by atoms with Crippen molar-refractivity contribution in [1.82, 2.24) is 9.97 Å². The SMILES string of the molecule is [C-]#[N+]c1c(N)nc(SCc2coc(-c3ccc(Cl)c(F)c3)n2)c(C#N)c1-c1ccc(OC[C@@H]2COC(C)(C)O2)cc1. The minimum absolute atomic E-state index is 0.00233. The van der Waals surface area contributed by atoms with Crippen molar-refractivity contribution in [1.29, 1.82) is 5.26 Å². The third-order valence-electron chi connectivity index (χ3n) is 6.11. The number of rotatable bonds is 8. The van der Waals surface area contributed by atoms with Crippen LogP contribution in [0.1, 0.15) is 25.1 Å². The van der Waals surface area contributed by atoms with Crippen LogP contribution in [0.5, 0.6) is 5.75 Å². The largest absolute Gasteiger partial charge is 0.491 e. The zero-order chi connectivity index (χ0) is 29.1. The maximum absolute atomic E-state index is 13.9. The summed E-state index contributed by atoms with van der Waals surface area (Å²) in [5, 5.41) is 10.4. The molecule has 1 saturated heterocycles. The van der Waals surface area contributed by atoms with Crippen molar-refractivity contribution in [3.05, 3.63) is 82.2 Å². The average molecular weight is 592 g/mol. The molecule has 3 heterocycles. The predicted octanol–water partition coefficient (Wildman–Crippen LogP) is 7.02. The van der Waals surface area contributed by atoms with Gasteiger partial charge >= 0.3 is 0 Å². The van der Waals surface area contributed by atoms with Gasteiger partial charge in [0.15, 0.2) is 5.79 Å². The highest BCUT2D eigenvalue weighted by molar-refractivity contribution is 7.98. The van der Waals surface area contributed by atoms with E-state index in [1.165, 1.54) is 30.2 Å². The fourth-order valence-corrected chi connectivity index (χ4v) is 5.19. The summed E-state index contributed by atoms with van der Waals surface area (Å²) in [4.78, 5) is 12.3. The molecule has 2 N–H and O–H groups in total. The molecule has 0 bridgehead atoms. The molecular weight excluding hydrogens is 569 g/mol. The number of hydrogen-bond donors (Lipinski definition) is 1. The average Bonchev–Trinajstić information content (AvgIpc) is 3.58. The minimum atomic E-state index is -0.634. The number of halogens is 2. The highest BCUT2D eigenvalue weighted by atomic mass is 35.5. The first-order chi connectivity index (χ1) is 19.7. The first kappa shape index (κ1) is 28.4. The standard InChI is InChI=1S/C29H23ClFN5O4S/c1-29(2)39-14-20(40-29)13-37-19-7-4-16(5-8-19)24-21(11-32)28(36-26(33)25(24)34-3)41-15-18-12-38-27(35-18)17-6-9-22(30)23(31)10-17/h4-10,12,20H,13-15H2,1-2H3,(H2,33,36)/t20-/m1/s1. The summed E-state index contributed by atoms with van der Waals surface area (Å²) in [6.45, 7) is 12.1. The van der Waals surface area contributed by atoms with Gasteiger partial charge in [0.1, 0.15) is 47.5 Å². The van der Waals surface area contributed by atoms with Gasteiger partial charge in [0.25, 0.3) is 0 Å². The van der Waals surface area contributed by atoms with Crippen LogP contribution in [0, 0.1) is 23.7 Å². The van der Waals surface area contributed by atoms with Gasteiger partial charge in [-0.3, -0.25) is 0 Å². The molecule has 2 aromatic heterocycles. The van der Waals surface area contributed by atoms with Crippen LogP contribution < -0.4 is 10.5 Å². The topological polar surface area (TPSA) is 121 Å². The molecule has 41 heavy (non-hydrogen) atoms. The number of nitrogens with two attached hydrogens (primary N) is 1. The summed E-state index contributed by atoms with van der Waals surface area (Å²) in [7, 11) is 0. The molecular formula is C29H23ClFN5O4S.